The molecule has 2 aromatic rings. The third-order valence-corrected chi connectivity index (χ3v) is 5.20. The van der Waals surface area contributed by atoms with Gasteiger partial charge >= 0.3 is 5.97 Å². The third-order valence-electron chi connectivity index (χ3n) is 3.79. The summed E-state index contributed by atoms with van der Waals surface area (Å²) in [6.07, 6.45) is -0.491. The van der Waals surface area contributed by atoms with Crippen molar-refractivity contribution in [2.24, 2.45) is 0 Å². The summed E-state index contributed by atoms with van der Waals surface area (Å²) < 4.78 is 36.1. The minimum absolute atomic E-state index is 0.0437. The number of sulfonamides is 1. The topological polar surface area (TPSA) is 128 Å². The van der Waals surface area contributed by atoms with Crippen LogP contribution in [0.25, 0.3) is 0 Å². The van der Waals surface area contributed by atoms with Crippen LogP contribution in [0.3, 0.4) is 0 Å². The number of methoxy groups -OCH3 is 1. The molecule has 0 aliphatic heterocycles. The number of carbonyl (C=O) groups excluding carboxylic acids is 3. The molecule has 2 N–H and O–H groups in total. The lowest BCUT2D eigenvalue weighted by atomic mass is 10.1. The van der Waals surface area contributed by atoms with E-state index >= 15 is 0 Å². The third kappa shape index (κ3) is 5.87. The van der Waals surface area contributed by atoms with Crippen LogP contribution in [-0.2, 0) is 19.6 Å². The average Bonchev–Trinajstić information content (AvgIpc) is 2.68. The van der Waals surface area contributed by atoms with E-state index < -0.39 is 34.1 Å². The fourth-order valence-electron chi connectivity index (χ4n) is 2.35. The molecule has 0 spiro atoms. The van der Waals surface area contributed by atoms with Gasteiger partial charge in [0, 0.05) is 12.5 Å². The van der Waals surface area contributed by atoms with Gasteiger partial charge in [-0.05, 0) is 49.5 Å². The van der Waals surface area contributed by atoms with Crippen LogP contribution >= 0.6 is 0 Å². The molecule has 0 unspecified atom stereocenters. The summed E-state index contributed by atoms with van der Waals surface area (Å²) in [6, 6.07) is 9.85. The van der Waals surface area contributed by atoms with Crippen molar-refractivity contribution in [1.82, 2.24) is 4.72 Å². The molecule has 0 bridgehead atoms. The maximum absolute atomic E-state index is 12.3. The van der Waals surface area contributed by atoms with E-state index in [2.05, 4.69) is 10.0 Å². The fourth-order valence-corrected chi connectivity index (χ4v) is 3.11. The molecule has 0 heterocycles. The van der Waals surface area contributed by atoms with Gasteiger partial charge in [0.05, 0.1) is 24.1 Å². The first-order chi connectivity index (χ1) is 13.7. The summed E-state index contributed by atoms with van der Waals surface area (Å²) in [6.45, 7) is 1.16. The molecular formula is C19H20N2O7S. The first-order valence-electron chi connectivity index (χ1n) is 8.39. The maximum atomic E-state index is 12.3. The highest BCUT2D eigenvalue weighted by Gasteiger charge is 2.19. The molecule has 154 valence electrons. The van der Waals surface area contributed by atoms with Gasteiger partial charge in [-0.2, -0.15) is 0 Å². The molecule has 0 aliphatic carbocycles. The predicted molar refractivity (Wildman–Crippen MR) is 105 cm³/mol. The van der Waals surface area contributed by atoms with Crippen LogP contribution in [0, 0.1) is 0 Å². The highest BCUT2D eigenvalue weighted by Crippen LogP contribution is 2.28. The molecule has 0 atom stereocenters. The Balaban J connectivity index is 2.23. The van der Waals surface area contributed by atoms with Crippen molar-refractivity contribution in [2.45, 2.75) is 18.2 Å². The second kappa shape index (κ2) is 9.30. The number of ether oxygens (including phenoxy) is 2. The summed E-state index contributed by atoms with van der Waals surface area (Å²) in [5.74, 6) is -1.27. The lowest BCUT2D eigenvalue weighted by Crippen LogP contribution is -2.20. The Bertz CT molecular complexity index is 1030. The Morgan fingerprint density at radius 3 is 2.24 bits per heavy atom. The quantitative estimate of drug-likeness (QED) is 0.288. The van der Waals surface area contributed by atoms with Crippen LogP contribution in [0.5, 0.6) is 11.5 Å². The summed E-state index contributed by atoms with van der Waals surface area (Å²) in [7, 11) is -1.06. The van der Waals surface area contributed by atoms with Crippen LogP contribution in [0.15, 0.2) is 47.4 Å². The molecule has 0 saturated heterocycles. The second-order valence-electron chi connectivity index (χ2n) is 5.84. The maximum Gasteiger partial charge on any atom is 0.308 e. The molecule has 9 nitrogen and oxygen atoms in total. The van der Waals surface area contributed by atoms with Crippen LogP contribution < -0.4 is 19.5 Å². The number of ketones is 1. The molecule has 0 saturated carbocycles. The number of esters is 1. The normalized spacial score (nSPS) is 10.9. The number of rotatable bonds is 8. The zero-order valence-corrected chi connectivity index (χ0v) is 16.8. The van der Waals surface area contributed by atoms with Gasteiger partial charge in [-0.15, -0.1) is 0 Å². The predicted octanol–water partition coefficient (Wildman–Crippen LogP) is 1.74. The average molecular weight is 420 g/mol. The van der Waals surface area contributed by atoms with Crippen LogP contribution in [0.1, 0.15) is 23.7 Å². The number of Topliss-reactive ketones (excluding diaryl/α,β-unsaturated/α-hetero) is 1. The molecule has 10 heteroatoms. The van der Waals surface area contributed by atoms with Crippen molar-refractivity contribution >= 4 is 33.4 Å². The van der Waals surface area contributed by atoms with Crippen molar-refractivity contribution in [1.29, 1.82) is 0 Å². The number of hydrogen-bond acceptors (Lipinski definition) is 7. The molecule has 2 rings (SSSR count). The summed E-state index contributed by atoms with van der Waals surface area (Å²) in [4.78, 5) is 35.7. The molecule has 2 aromatic carbocycles. The molecule has 1 amide bonds. The van der Waals surface area contributed by atoms with E-state index in [0.717, 1.165) is 13.0 Å². The van der Waals surface area contributed by atoms with E-state index in [1.165, 1.54) is 38.4 Å². The summed E-state index contributed by atoms with van der Waals surface area (Å²) in [5.41, 5.74) is 0.261. The van der Waals surface area contributed by atoms with E-state index in [-0.39, 0.29) is 16.3 Å². The Hall–Kier alpha value is -3.24. The van der Waals surface area contributed by atoms with Crippen molar-refractivity contribution in [3.8, 4) is 11.5 Å². The van der Waals surface area contributed by atoms with E-state index in [1.807, 2.05) is 0 Å². The highest BCUT2D eigenvalue weighted by molar-refractivity contribution is 7.89. The largest absolute Gasteiger partial charge is 0.497 e. The first kappa shape index (κ1) is 22.1. The van der Waals surface area contributed by atoms with Crippen molar-refractivity contribution in [2.75, 3.05) is 19.5 Å². The number of benzene rings is 2. The van der Waals surface area contributed by atoms with E-state index in [0.29, 0.717) is 11.3 Å². The molecule has 0 radical (unpaired) electrons. The SMILES string of the molecule is CNS(=O)(=O)c1ccc(OC(C)=O)c(NC(=O)CC(=O)c2ccc(OC)cc2)c1. The summed E-state index contributed by atoms with van der Waals surface area (Å²) in [5, 5.41) is 2.42. The Kier molecular flexibility index (Phi) is 7.08. The van der Waals surface area contributed by atoms with Crippen molar-refractivity contribution in [3.63, 3.8) is 0 Å². The highest BCUT2D eigenvalue weighted by atomic mass is 32.2. The molecule has 0 aliphatic rings. The van der Waals surface area contributed by atoms with Gasteiger partial charge in [-0.3, -0.25) is 14.4 Å². The zero-order chi connectivity index (χ0) is 21.6. The first-order valence-corrected chi connectivity index (χ1v) is 9.87. The van der Waals surface area contributed by atoms with Crippen LogP contribution in [0.4, 0.5) is 5.69 Å². The fraction of sp³-hybridized carbons (Fsp3) is 0.211. The minimum atomic E-state index is -3.79. The van der Waals surface area contributed by atoms with Gasteiger partial charge in [0.1, 0.15) is 5.75 Å². The van der Waals surface area contributed by atoms with Gasteiger partial charge in [-0.1, -0.05) is 0 Å². The second-order valence-corrected chi connectivity index (χ2v) is 7.72. The molecular weight excluding hydrogens is 400 g/mol. The van der Waals surface area contributed by atoms with Gasteiger partial charge in [0.2, 0.25) is 15.9 Å². The van der Waals surface area contributed by atoms with Gasteiger partial charge in [0.15, 0.2) is 11.5 Å². The molecule has 0 fully saturated rings. The van der Waals surface area contributed by atoms with Gasteiger partial charge in [-0.25, -0.2) is 13.1 Å². The van der Waals surface area contributed by atoms with E-state index in [1.54, 1.807) is 12.1 Å². The van der Waals surface area contributed by atoms with Crippen LogP contribution in [-0.4, -0.2) is 40.2 Å². The Labute approximate surface area is 168 Å². The lowest BCUT2D eigenvalue weighted by molar-refractivity contribution is -0.131. The van der Waals surface area contributed by atoms with Crippen molar-refractivity contribution < 1.29 is 32.3 Å². The lowest BCUT2D eigenvalue weighted by Gasteiger charge is -2.12. The van der Waals surface area contributed by atoms with Crippen LogP contribution in [0.2, 0.25) is 0 Å². The summed E-state index contributed by atoms with van der Waals surface area (Å²) >= 11 is 0. The van der Waals surface area contributed by atoms with Gasteiger partial charge in [0.25, 0.3) is 0 Å². The smallest absolute Gasteiger partial charge is 0.308 e. The minimum Gasteiger partial charge on any atom is -0.497 e. The van der Waals surface area contributed by atoms with E-state index in [9.17, 15) is 22.8 Å². The molecule has 0 aromatic heterocycles. The Morgan fingerprint density at radius 1 is 1.03 bits per heavy atom. The monoisotopic (exact) mass is 420 g/mol. The number of carbonyl (C=O) groups is 3. The zero-order valence-electron chi connectivity index (χ0n) is 16.0. The standard InChI is InChI=1S/C19H20N2O7S/c1-12(22)28-18-9-8-15(29(25,26)20-2)10-16(18)21-19(24)11-17(23)13-4-6-14(27-3)7-5-13/h4-10,20H,11H2,1-3H3,(H,21,24). The van der Waals surface area contributed by atoms with E-state index in [4.69, 9.17) is 9.47 Å². The number of anilines is 1. The van der Waals surface area contributed by atoms with Gasteiger partial charge < -0.3 is 14.8 Å². The number of hydrogen-bond donors (Lipinski definition) is 2. The molecule has 29 heavy (non-hydrogen) atoms. The Morgan fingerprint density at radius 2 is 1.69 bits per heavy atom. The van der Waals surface area contributed by atoms with Crippen molar-refractivity contribution in [3.05, 3.63) is 48.0 Å². The number of amides is 1. The number of nitrogens with one attached hydrogen (secondary N) is 2.